The number of nitrogen functional groups attached to an aromatic ring is 1. The smallest absolute Gasteiger partial charge is 0.0627 e. The number of hydrogen-bond acceptors (Lipinski definition) is 3. The molecule has 2 rings (SSSR count). The second-order valence-electron chi connectivity index (χ2n) is 5.99. The zero-order valence-corrected chi connectivity index (χ0v) is 12.5. The molecule has 0 saturated carbocycles. The van der Waals surface area contributed by atoms with Crippen molar-refractivity contribution in [2.24, 2.45) is 5.92 Å². The fraction of sp³-hybridized carbons (Fsp3) is 0.625. The van der Waals surface area contributed by atoms with E-state index in [1.165, 1.54) is 43.6 Å². The van der Waals surface area contributed by atoms with Crippen molar-refractivity contribution in [3.8, 4) is 0 Å². The summed E-state index contributed by atoms with van der Waals surface area (Å²) in [4.78, 5) is 4.77. The molecular weight excluding hydrogens is 234 g/mol. The minimum Gasteiger partial charge on any atom is -0.397 e. The minimum absolute atomic E-state index is 0.839. The van der Waals surface area contributed by atoms with Crippen LogP contribution in [0.4, 0.5) is 11.4 Å². The van der Waals surface area contributed by atoms with Gasteiger partial charge in [0.05, 0.1) is 11.4 Å². The zero-order valence-electron chi connectivity index (χ0n) is 12.5. The molecule has 1 aromatic rings. The summed E-state index contributed by atoms with van der Waals surface area (Å²) in [5.74, 6) is 0.839. The van der Waals surface area contributed by atoms with Gasteiger partial charge in [-0.25, -0.2) is 0 Å². The van der Waals surface area contributed by atoms with Gasteiger partial charge in [-0.2, -0.15) is 0 Å². The van der Waals surface area contributed by atoms with Crippen LogP contribution in [0.2, 0.25) is 0 Å². The maximum absolute atomic E-state index is 6.10. The van der Waals surface area contributed by atoms with E-state index >= 15 is 0 Å². The van der Waals surface area contributed by atoms with Gasteiger partial charge in [-0.3, -0.25) is 0 Å². The Kier molecular flexibility index (Phi) is 4.70. The molecule has 3 heteroatoms. The van der Waals surface area contributed by atoms with Gasteiger partial charge in [0.1, 0.15) is 0 Å². The van der Waals surface area contributed by atoms with Gasteiger partial charge in [0.25, 0.3) is 0 Å². The number of benzene rings is 1. The highest BCUT2D eigenvalue weighted by atomic mass is 15.1. The highest BCUT2D eigenvalue weighted by Crippen LogP contribution is 2.27. The SMILES string of the molecule is Cc1cccc(N)c1N(C)CCC1CCCN(C)C1. The van der Waals surface area contributed by atoms with Gasteiger partial charge in [0.2, 0.25) is 0 Å². The largest absolute Gasteiger partial charge is 0.397 e. The quantitative estimate of drug-likeness (QED) is 0.846. The summed E-state index contributed by atoms with van der Waals surface area (Å²) >= 11 is 0. The van der Waals surface area contributed by atoms with Gasteiger partial charge in [0.15, 0.2) is 0 Å². The Hall–Kier alpha value is -1.22. The first-order valence-electron chi connectivity index (χ1n) is 7.32. The molecule has 1 aliphatic heterocycles. The van der Waals surface area contributed by atoms with E-state index in [0.29, 0.717) is 0 Å². The Morgan fingerprint density at radius 2 is 2.21 bits per heavy atom. The standard InChI is InChI=1S/C16H27N3/c1-13-6-4-8-15(17)16(13)19(3)11-9-14-7-5-10-18(2)12-14/h4,6,8,14H,5,7,9-12,17H2,1-3H3. The Morgan fingerprint density at radius 3 is 2.89 bits per heavy atom. The Labute approximate surface area is 117 Å². The Balaban J connectivity index is 1.92. The maximum Gasteiger partial charge on any atom is 0.0627 e. The molecule has 2 N–H and O–H groups in total. The second-order valence-corrected chi connectivity index (χ2v) is 5.99. The first kappa shape index (κ1) is 14.2. The molecule has 0 amide bonds. The summed E-state index contributed by atoms with van der Waals surface area (Å²) < 4.78 is 0. The third-order valence-corrected chi connectivity index (χ3v) is 4.25. The van der Waals surface area contributed by atoms with Crippen LogP contribution in [0.3, 0.4) is 0 Å². The number of hydrogen-bond donors (Lipinski definition) is 1. The molecule has 1 unspecified atom stereocenters. The summed E-state index contributed by atoms with van der Waals surface area (Å²) in [7, 11) is 4.39. The number of aryl methyl sites for hydroxylation is 1. The van der Waals surface area contributed by atoms with Crippen LogP contribution < -0.4 is 10.6 Å². The van der Waals surface area contributed by atoms with Gasteiger partial charge < -0.3 is 15.5 Å². The summed E-state index contributed by atoms with van der Waals surface area (Å²) in [6, 6.07) is 6.15. The van der Waals surface area contributed by atoms with Crippen LogP contribution in [0.5, 0.6) is 0 Å². The van der Waals surface area contributed by atoms with E-state index in [2.05, 4.69) is 36.9 Å². The van der Waals surface area contributed by atoms with Crippen molar-refractivity contribution >= 4 is 11.4 Å². The lowest BCUT2D eigenvalue weighted by Gasteiger charge is -2.31. The molecule has 1 saturated heterocycles. The normalized spacial score (nSPS) is 20.5. The van der Waals surface area contributed by atoms with E-state index in [4.69, 9.17) is 5.73 Å². The van der Waals surface area contributed by atoms with E-state index in [0.717, 1.165) is 18.2 Å². The zero-order chi connectivity index (χ0) is 13.8. The molecule has 1 fully saturated rings. The average molecular weight is 261 g/mol. The van der Waals surface area contributed by atoms with Gasteiger partial charge in [-0.15, -0.1) is 0 Å². The molecule has 1 heterocycles. The maximum atomic E-state index is 6.10. The van der Waals surface area contributed by atoms with Gasteiger partial charge >= 0.3 is 0 Å². The van der Waals surface area contributed by atoms with Crippen molar-refractivity contribution in [3.05, 3.63) is 23.8 Å². The van der Waals surface area contributed by atoms with Crippen LogP contribution in [-0.2, 0) is 0 Å². The predicted molar refractivity (Wildman–Crippen MR) is 83.7 cm³/mol. The lowest BCUT2D eigenvalue weighted by atomic mass is 9.95. The van der Waals surface area contributed by atoms with Crippen LogP contribution in [-0.4, -0.2) is 38.6 Å². The first-order valence-corrected chi connectivity index (χ1v) is 7.32. The average Bonchev–Trinajstić information content (AvgIpc) is 2.36. The minimum atomic E-state index is 0.839. The summed E-state index contributed by atoms with van der Waals surface area (Å²) in [5, 5.41) is 0. The molecule has 0 radical (unpaired) electrons. The van der Waals surface area contributed by atoms with Crippen molar-refractivity contribution in [1.29, 1.82) is 0 Å². The van der Waals surface area contributed by atoms with Gasteiger partial charge in [-0.1, -0.05) is 12.1 Å². The van der Waals surface area contributed by atoms with E-state index in [1.807, 2.05) is 12.1 Å². The lowest BCUT2D eigenvalue weighted by Crippen LogP contribution is -2.34. The van der Waals surface area contributed by atoms with Gasteiger partial charge in [0, 0.05) is 20.1 Å². The van der Waals surface area contributed by atoms with Crippen molar-refractivity contribution in [1.82, 2.24) is 4.90 Å². The van der Waals surface area contributed by atoms with Crippen LogP contribution in [0, 0.1) is 12.8 Å². The number of nitrogens with zero attached hydrogens (tertiary/aromatic N) is 2. The third-order valence-electron chi connectivity index (χ3n) is 4.25. The van der Waals surface area contributed by atoms with Crippen molar-refractivity contribution in [3.63, 3.8) is 0 Å². The number of anilines is 2. The van der Waals surface area contributed by atoms with E-state index in [9.17, 15) is 0 Å². The first-order chi connectivity index (χ1) is 9.08. The topological polar surface area (TPSA) is 32.5 Å². The molecule has 0 aromatic heterocycles. The number of rotatable bonds is 4. The molecule has 0 bridgehead atoms. The Bertz CT molecular complexity index is 396. The number of nitrogens with two attached hydrogens (primary N) is 1. The molecule has 0 aliphatic carbocycles. The molecular formula is C16H27N3. The summed E-state index contributed by atoms with van der Waals surface area (Å²) in [6.45, 7) is 5.73. The monoisotopic (exact) mass is 261 g/mol. The fourth-order valence-corrected chi connectivity index (χ4v) is 3.20. The van der Waals surface area contributed by atoms with Crippen LogP contribution >= 0.6 is 0 Å². The molecule has 1 aliphatic rings. The molecule has 0 spiro atoms. The molecule has 1 aromatic carbocycles. The number of para-hydroxylation sites is 1. The lowest BCUT2D eigenvalue weighted by molar-refractivity contribution is 0.203. The van der Waals surface area contributed by atoms with Crippen molar-refractivity contribution in [2.45, 2.75) is 26.2 Å². The van der Waals surface area contributed by atoms with Crippen molar-refractivity contribution in [2.75, 3.05) is 44.4 Å². The van der Waals surface area contributed by atoms with Crippen LogP contribution in [0.15, 0.2) is 18.2 Å². The molecule has 106 valence electrons. The van der Waals surface area contributed by atoms with Crippen LogP contribution in [0.25, 0.3) is 0 Å². The van der Waals surface area contributed by atoms with Crippen molar-refractivity contribution < 1.29 is 0 Å². The van der Waals surface area contributed by atoms with E-state index < -0.39 is 0 Å². The second kappa shape index (κ2) is 6.29. The van der Waals surface area contributed by atoms with E-state index in [-0.39, 0.29) is 0 Å². The summed E-state index contributed by atoms with van der Waals surface area (Å²) in [6.07, 6.45) is 3.98. The number of piperidine rings is 1. The highest BCUT2D eigenvalue weighted by molar-refractivity contribution is 5.70. The molecule has 1 atom stereocenters. The van der Waals surface area contributed by atoms with E-state index in [1.54, 1.807) is 0 Å². The Morgan fingerprint density at radius 1 is 1.42 bits per heavy atom. The number of likely N-dealkylation sites (tertiary alicyclic amines) is 1. The molecule has 3 nitrogen and oxygen atoms in total. The van der Waals surface area contributed by atoms with Gasteiger partial charge in [-0.05, 0) is 57.3 Å². The highest BCUT2D eigenvalue weighted by Gasteiger charge is 2.18. The fourth-order valence-electron chi connectivity index (χ4n) is 3.20. The predicted octanol–water partition coefficient (Wildman–Crippen LogP) is 2.75. The summed E-state index contributed by atoms with van der Waals surface area (Å²) in [5.41, 5.74) is 9.46. The molecule has 19 heavy (non-hydrogen) atoms. The van der Waals surface area contributed by atoms with Crippen LogP contribution in [0.1, 0.15) is 24.8 Å². The third kappa shape index (κ3) is 3.63.